The van der Waals surface area contributed by atoms with Crippen molar-refractivity contribution in [3.63, 3.8) is 0 Å². The van der Waals surface area contributed by atoms with Crippen molar-refractivity contribution in [2.24, 2.45) is 0 Å². The first kappa shape index (κ1) is 17.7. The lowest BCUT2D eigenvalue weighted by molar-refractivity contribution is 0.295. The molecule has 0 amide bonds. The fraction of sp³-hybridized carbons (Fsp3) is 0.409. The van der Waals surface area contributed by atoms with Crippen LogP contribution in [-0.2, 0) is 13.0 Å². The number of rotatable bonds is 4. The van der Waals surface area contributed by atoms with Gasteiger partial charge in [0.2, 0.25) is 0 Å². The Balaban J connectivity index is 2.22. The maximum Gasteiger partial charge on any atom is 0.112 e. The molecule has 0 fully saturated rings. The van der Waals surface area contributed by atoms with Gasteiger partial charge in [-0.2, -0.15) is 0 Å². The second-order valence-electron chi connectivity index (χ2n) is 7.25. The highest BCUT2D eigenvalue weighted by atomic mass is 16.3. The molecule has 0 saturated heterocycles. The highest BCUT2D eigenvalue weighted by molar-refractivity contribution is 5.78. The first-order valence-corrected chi connectivity index (χ1v) is 8.97. The van der Waals surface area contributed by atoms with Gasteiger partial charge in [-0.05, 0) is 92.6 Å². The number of aromatic nitrogens is 2. The Labute approximate surface area is 150 Å². The number of aliphatic hydroxyl groups excluding tert-OH is 1. The summed E-state index contributed by atoms with van der Waals surface area (Å²) in [5.41, 5.74) is 11.4. The molecule has 0 radical (unpaired) electrons. The van der Waals surface area contributed by atoms with E-state index in [9.17, 15) is 5.11 Å². The molecule has 132 valence electrons. The Hall–Kier alpha value is -2.13. The molecule has 1 aromatic heterocycles. The van der Waals surface area contributed by atoms with Crippen LogP contribution in [0.15, 0.2) is 18.2 Å². The molecule has 3 nitrogen and oxygen atoms in total. The molecule has 0 atom stereocenters. The molecule has 0 bridgehead atoms. The van der Waals surface area contributed by atoms with Crippen molar-refractivity contribution in [2.75, 3.05) is 6.61 Å². The van der Waals surface area contributed by atoms with Crippen molar-refractivity contribution >= 4 is 11.0 Å². The Bertz CT molecular complexity index is 925. The summed E-state index contributed by atoms with van der Waals surface area (Å²) in [7, 11) is 0. The van der Waals surface area contributed by atoms with Gasteiger partial charge in [0.05, 0.1) is 17.6 Å². The Morgan fingerprint density at radius 3 is 2.04 bits per heavy atom. The van der Waals surface area contributed by atoms with E-state index in [0.29, 0.717) is 6.42 Å². The van der Waals surface area contributed by atoms with Crippen molar-refractivity contribution in [3.05, 3.63) is 63.0 Å². The molecule has 0 unspecified atom stereocenters. The Kier molecular flexibility index (Phi) is 4.70. The van der Waals surface area contributed by atoms with E-state index >= 15 is 0 Å². The van der Waals surface area contributed by atoms with Gasteiger partial charge in [0.1, 0.15) is 5.82 Å². The quantitative estimate of drug-likeness (QED) is 0.763. The van der Waals surface area contributed by atoms with E-state index in [4.69, 9.17) is 4.98 Å². The average molecular weight is 336 g/mol. The first-order valence-electron chi connectivity index (χ1n) is 8.97. The van der Waals surface area contributed by atoms with Gasteiger partial charge in [0, 0.05) is 13.0 Å². The summed E-state index contributed by atoms with van der Waals surface area (Å²) >= 11 is 0. The van der Waals surface area contributed by atoms with Crippen LogP contribution in [0.2, 0.25) is 0 Å². The van der Waals surface area contributed by atoms with Crippen molar-refractivity contribution in [2.45, 2.75) is 54.5 Å². The number of fused-ring (bicyclic) bond motifs is 1. The lowest BCUT2D eigenvalue weighted by Crippen LogP contribution is -2.10. The van der Waals surface area contributed by atoms with Crippen LogP contribution in [-0.4, -0.2) is 21.3 Å². The topological polar surface area (TPSA) is 38.1 Å². The summed E-state index contributed by atoms with van der Waals surface area (Å²) in [5.74, 6) is 0.959. The van der Waals surface area contributed by atoms with Crippen LogP contribution >= 0.6 is 0 Å². The van der Waals surface area contributed by atoms with Crippen LogP contribution < -0.4 is 0 Å². The van der Waals surface area contributed by atoms with Gasteiger partial charge in [-0.25, -0.2) is 4.98 Å². The van der Waals surface area contributed by atoms with Gasteiger partial charge < -0.3 is 9.67 Å². The minimum Gasteiger partial charge on any atom is -0.396 e. The molecule has 3 heteroatoms. The highest BCUT2D eigenvalue weighted by Gasteiger charge is 2.15. The number of benzene rings is 2. The van der Waals surface area contributed by atoms with E-state index in [-0.39, 0.29) is 6.61 Å². The van der Waals surface area contributed by atoms with Crippen molar-refractivity contribution in [1.29, 1.82) is 0 Å². The van der Waals surface area contributed by atoms with Crippen LogP contribution in [0.3, 0.4) is 0 Å². The second kappa shape index (κ2) is 6.64. The summed E-state index contributed by atoms with van der Waals surface area (Å²) in [5, 5.41) is 9.49. The van der Waals surface area contributed by atoms with E-state index in [1.807, 2.05) is 0 Å². The molecular formula is C22H28N2O. The third-order valence-electron chi connectivity index (χ3n) is 5.62. The zero-order valence-electron chi connectivity index (χ0n) is 16.2. The summed E-state index contributed by atoms with van der Waals surface area (Å²) in [4.78, 5) is 4.81. The minimum atomic E-state index is 0.117. The molecule has 0 aliphatic carbocycles. The molecule has 0 aliphatic heterocycles. The van der Waals surface area contributed by atoms with Gasteiger partial charge in [-0.3, -0.25) is 0 Å². The monoisotopic (exact) mass is 336 g/mol. The van der Waals surface area contributed by atoms with Crippen LogP contribution in [0.5, 0.6) is 0 Å². The molecular weight excluding hydrogens is 308 g/mol. The largest absolute Gasteiger partial charge is 0.396 e. The third kappa shape index (κ3) is 3.09. The normalized spacial score (nSPS) is 11.5. The zero-order valence-corrected chi connectivity index (χ0v) is 16.2. The maximum absolute atomic E-state index is 9.49. The highest BCUT2D eigenvalue weighted by Crippen LogP contribution is 2.27. The number of aliphatic hydroxyl groups is 1. The zero-order chi connectivity index (χ0) is 18.3. The summed E-state index contributed by atoms with van der Waals surface area (Å²) in [6, 6.07) is 6.65. The Morgan fingerprint density at radius 2 is 1.44 bits per heavy atom. The van der Waals surface area contributed by atoms with Crippen LogP contribution in [0, 0.1) is 41.5 Å². The van der Waals surface area contributed by atoms with E-state index < -0.39 is 0 Å². The SMILES string of the molecule is Cc1cc2nc(CCO)n(Cc3c(C)c(C)cc(C)c3C)c2cc1C. The predicted molar refractivity (Wildman–Crippen MR) is 104 cm³/mol. The van der Waals surface area contributed by atoms with Gasteiger partial charge in [-0.1, -0.05) is 6.07 Å². The third-order valence-corrected chi connectivity index (χ3v) is 5.62. The second-order valence-corrected chi connectivity index (χ2v) is 7.25. The van der Waals surface area contributed by atoms with Crippen LogP contribution in [0.4, 0.5) is 0 Å². The van der Waals surface area contributed by atoms with E-state index in [2.05, 4.69) is 64.3 Å². The smallest absolute Gasteiger partial charge is 0.112 e. The number of nitrogens with zero attached hydrogens (tertiary/aromatic N) is 2. The van der Waals surface area contributed by atoms with Crippen LogP contribution in [0.1, 0.15) is 44.8 Å². The molecule has 0 spiro atoms. The fourth-order valence-corrected chi connectivity index (χ4v) is 3.59. The molecule has 2 aromatic carbocycles. The van der Waals surface area contributed by atoms with Crippen molar-refractivity contribution < 1.29 is 5.11 Å². The molecule has 0 saturated carbocycles. The van der Waals surface area contributed by atoms with E-state index in [1.165, 1.54) is 38.9 Å². The molecule has 3 aromatic rings. The molecule has 1 N–H and O–H groups in total. The predicted octanol–water partition coefficient (Wildman–Crippen LogP) is 4.47. The molecule has 25 heavy (non-hydrogen) atoms. The number of aryl methyl sites for hydroxylation is 4. The minimum absolute atomic E-state index is 0.117. The maximum atomic E-state index is 9.49. The van der Waals surface area contributed by atoms with E-state index in [0.717, 1.165) is 23.4 Å². The van der Waals surface area contributed by atoms with E-state index in [1.54, 1.807) is 0 Å². The first-order chi connectivity index (χ1) is 11.8. The summed E-state index contributed by atoms with van der Waals surface area (Å²) in [6.07, 6.45) is 0.579. The lowest BCUT2D eigenvalue weighted by atomic mass is 9.94. The van der Waals surface area contributed by atoms with Crippen molar-refractivity contribution in [3.8, 4) is 0 Å². The number of hydrogen-bond acceptors (Lipinski definition) is 2. The number of imidazole rings is 1. The molecule has 1 heterocycles. The van der Waals surface area contributed by atoms with Gasteiger partial charge >= 0.3 is 0 Å². The van der Waals surface area contributed by atoms with Crippen LogP contribution in [0.25, 0.3) is 11.0 Å². The van der Waals surface area contributed by atoms with Gasteiger partial charge in [0.25, 0.3) is 0 Å². The summed E-state index contributed by atoms with van der Waals surface area (Å²) < 4.78 is 2.28. The van der Waals surface area contributed by atoms with Crippen molar-refractivity contribution in [1.82, 2.24) is 9.55 Å². The molecule has 0 aliphatic rings. The Morgan fingerprint density at radius 1 is 0.840 bits per heavy atom. The standard InChI is InChI=1S/C22H28N2O/c1-13-10-20-21(11-14(13)2)24(22(23-20)7-8-25)12-19-17(5)15(3)9-16(4)18(19)6/h9-11,25H,7-8,12H2,1-6H3. The summed E-state index contributed by atoms with van der Waals surface area (Å²) in [6.45, 7) is 14.0. The lowest BCUT2D eigenvalue weighted by Gasteiger charge is -2.18. The van der Waals surface area contributed by atoms with Gasteiger partial charge in [0.15, 0.2) is 0 Å². The fourth-order valence-electron chi connectivity index (χ4n) is 3.59. The number of hydrogen-bond donors (Lipinski definition) is 1. The van der Waals surface area contributed by atoms with Gasteiger partial charge in [-0.15, -0.1) is 0 Å². The average Bonchev–Trinajstić information content (AvgIpc) is 2.87. The molecule has 3 rings (SSSR count).